The van der Waals surface area contributed by atoms with E-state index in [9.17, 15) is 4.79 Å². The predicted molar refractivity (Wildman–Crippen MR) is 129 cm³/mol. The quantitative estimate of drug-likeness (QED) is 0.495. The van der Waals surface area contributed by atoms with Crippen LogP contribution in [0.4, 0.5) is 5.69 Å². The molecule has 3 heterocycles. The van der Waals surface area contributed by atoms with Crippen LogP contribution < -0.4 is 10.6 Å². The van der Waals surface area contributed by atoms with Crippen molar-refractivity contribution in [2.45, 2.75) is 25.7 Å². The number of hydrogen-bond acceptors (Lipinski definition) is 5. The maximum atomic E-state index is 12.5. The van der Waals surface area contributed by atoms with Gasteiger partial charge >= 0.3 is 0 Å². The molecule has 4 rings (SSSR count). The van der Waals surface area contributed by atoms with Gasteiger partial charge < -0.3 is 15.5 Å². The summed E-state index contributed by atoms with van der Waals surface area (Å²) < 4.78 is 0. The van der Waals surface area contributed by atoms with E-state index in [1.165, 1.54) is 38.0 Å². The Bertz CT molecular complexity index is 966. The Hall–Kier alpha value is -2.54. The first-order valence-electron chi connectivity index (χ1n) is 11.1. The zero-order valence-corrected chi connectivity index (χ0v) is 18.7. The number of piperazine rings is 1. The molecular formula is C25H30N4OS. The largest absolute Gasteiger partial charge is 0.325 e. The summed E-state index contributed by atoms with van der Waals surface area (Å²) >= 11 is 1.63. The van der Waals surface area contributed by atoms with Gasteiger partial charge in [0.05, 0.1) is 12.1 Å². The molecular weight excluding hydrogens is 404 g/mol. The molecule has 0 bridgehead atoms. The third-order valence-electron chi connectivity index (χ3n) is 5.60. The first-order valence-corrected chi connectivity index (χ1v) is 11.9. The Morgan fingerprint density at radius 3 is 2.71 bits per heavy atom. The van der Waals surface area contributed by atoms with Crippen LogP contribution in [0.2, 0.25) is 0 Å². The number of carbonyl (C=O) groups excluding carboxylic acids is 1. The molecule has 3 aromatic rings. The number of thiophene rings is 1. The van der Waals surface area contributed by atoms with Crippen molar-refractivity contribution in [3.8, 4) is 10.4 Å². The highest BCUT2D eigenvalue weighted by Crippen LogP contribution is 2.29. The van der Waals surface area contributed by atoms with Crippen LogP contribution in [0.5, 0.6) is 0 Å². The highest BCUT2D eigenvalue weighted by Gasteiger charge is 2.10. The Balaban J connectivity index is 1.23. The molecule has 1 amide bonds. The Morgan fingerprint density at radius 2 is 1.87 bits per heavy atom. The van der Waals surface area contributed by atoms with E-state index in [1.807, 2.05) is 29.6 Å². The minimum Gasteiger partial charge on any atom is -0.325 e. The average molecular weight is 435 g/mol. The molecule has 1 aliphatic heterocycles. The molecule has 6 heteroatoms. The topological polar surface area (TPSA) is 57.3 Å². The fraction of sp³-hybridized carbons (Fsp3) is 0.360. The highest BCUT2D eigenvalue weighted by molar-refractivity contribution is 7.14. The zero-order valence-electron chi connectivity index (χ0n) is 17.8. The van der Waals surface area contributed by atoms with Gasteiger partial charge in [0.2, 0.25) is 5.91 Å². The van der Waals surface area contributed by atoms with Gasteiger partial charge in [-0.1, -0.05) is 24.3 Å². The van der Waals surface area contributed by atoms with Gasteiger partial charge in [-0.25, -0.2) is 0 Å². The smallest absolute Gasteiger partial charge is 0.228 e. The molecule has 1 saturated heterocycles. The molecule has 5 nitrogen and oxygen atoms in total. The second kappa shape index (κ2) is 11.2. The number of amides is 1. The van der Waals surface area contributed by atoms with Crippen LogP contribution >= 0.6 is 11.3 Å². The van der Waals surface area contributed by atoms with E-state index in [4.69, 9.17) is 0 Å². The first-order chi connectivity index (χ1) is 15.3. The second-order valence-corrected chi connectivity index (χ2v) is 8.94. The Kier molecular flexibility index (Phi) is 7.82. The number of pyridine rings is 1. The summed E-state index contributed by atoms with van der Waals surface area (Å²) in [4.78, 5) is 20.3. The third kappa shape index (κ3) is 6.72. The van der Waals surface area contributed by atoms with Gasteiger partial charge in [-0.15, -0.1) is 11.3 Å². The standard InChI is InChI=1S/C25H30N4OS/c30-25(28-23-18-24(31-19-23)22-7-9-26-10-8-22)17-21-6-3-5-20(16-21)4-1-2-13-29-14-11-27-12-15-29/h3,5-10,16,18-19,27H,1-2,4,11-15,17H2,(H,28,30). The summed E-state index contributed by atoms with van der Waals surface area (Å²) in [6.07, 6.45) is 7.45. The number of aromatic nitrogens is 1. The summed E-state index contributed by atoms with van der Waals surface area (Å²) in [5, 5.41) is 8.42. The van der Waals surface area contributed by atoms with Gasteiger partial charge in [0.15, 0.2) is 0 Å². The molecule has 2 N–H and O–H groups in total. The lowest BCUT2D eigenvalue weighted by molar-refractivity contribution is -0.115. The molecule has 0 aliphatic carbocycles. The lowest BCUT2D eigenvalue weighted by Crippen LogP contribution is -2.43. The lowest BCUT2D eigenvalue weighted by atomic mass is 10.0. The van der Waals surface area contributed by atoms with Crippen molar-refractivity contribution in [1.29, 1.82) is 0 Å². The third-order valence-corrected chi connectivity index (χ3v) is 6.58. The monoisotopic (exact) mass is 434 g/mol. The molecule has 0 saturated carbocycles. The van der Waals surface area contributed by atoms with Crippen LogP contribution in [0.3, 0.4) is 0 Å². The molecule has 0 radical (unpaired) electrons. The molecule has 2 aromatic heterocycles. The predicted octanol–water partition coefficient (Wildman–Crippen LogP) is 4.22. The zero-order chi connectivity index (χ0) is 21.3. The van der Waals surface area contributed by atoms with Gasteiger partial charge in [-0.2, -0.15) is 0 Å². The molecule has 0 unspecified atom stereocenters. The fourth-order valence-corrected chi connectivity index (χ4v) is 4.80. The second-order valence-electron chi connectivity index (χ2n) is 8.03. The molecule has 31 heavy (non-hydrogen) atoms. The van der Waals surface area contributed by atoms with Crippen molar-refractivity contribution < 1.29 is 4.79 Å². The SMILES string of the molecule is O=C(Cc1cccc(CCCCN2CCNCC2)c1)Nc1csc(-c2ccncc2)c1. The van der Waals surface area contributed by atoms with Crippen LogP contribution in [0.15, 0.2) is 60.2 Å². The van der Waals surface area contributed by atoms with E-state index in [0.717, 1.165) is 41.2 Å². The number of nitrogens with one attached hydrogen (secondary N) is 2. The van der Waals surface area contributed by atoms with Crippen LogP contribution in [0.1, 0.15) is 24.0 Å². The van der Waals surface area contributed by atoms with Crippen molar-refractivity contribution in [2.24, 2.45) is 0 Å². The van der Waals surface area contributed by atoms with E-state index in [-0.39, 0.29) is 5.91 Å². The molecule has 1 aliphatic rings. The van der Waals surface area contributed by atoms with Crippen LogP contribution in [-0.4, -0.2) is 48.5 Å². The minimum atomic E-state index is 0.0231. The number of anilines is 1. The van der Waals surface area contributed by atoms with E-state index in [2.05, 4.69) is 38.7 Å². The fourth-order valence-electron chi connectivity index (χ4n) is 3.95. The van der Waals surface area contributed by atoms with Gasteiger partial charge in [0, 0.05) is 48.8 Å². The number of benzene rings is 1. The maximum Gasteiger partial charge on any atom is 0.228 e. The first kappa shape index (κ1) is 21.7. The van der Waals surface area contributed by atoms with Crippen LogP contribution in [0, 0.1) is 0 Å². The number of hydrogen-bond donors (Lipinski definition) is 2. The normalized spacial score (nSPS) is 14.5. The number of aryl methyl sites for hydroxylation is 1. The molecule has 1 aromatic carbocycles. The van der Waals surface area contributed by atoms with Crippen molar-refractivity contribution >= 4 is 22.9 Å². The Morgan fingerprint density at radius 1 is 1.06 bits per heavy atom. The number of carbonyl (C=O) groups is 1. The summed E-state index contributed by atoms with van der Waals surface area (Å²) in [5.41, 5.74) is 4.36. The summed E-state index contributed by atoms with van der Waals surface area (Å²) in [7, 11) is 0. The van der Waals surface area contributed by atoms with Crippen molar-refractivity contribution in [2.75, 3.05) is 38.0 Å². The number of nitrogens with zero attached hydrogens (tertiary/aromatic N) is 2. The van der Waals surface area contributed by atoms with Gasteiger partial charge in [0.1, 0.15) is 0 Å². The number of unbranched alkanes of at least 4 members (excludes halogenated alkanes) is 1. The summed E-state index contributed by atoms with van der Waals surface area (Å²) in [6.45, 7) is 5.74. The van der Waals surface area contributed by atoms with E-state index < -0.39 is 0 Å². The van der Waals surface area contributed by atoms with Gasteiger partial charge in [-0.05, 0) is 60.7 Å². The van der Waals surface area contributed by atoms with E-state index in [1.54, 1.807) is 23.7 Å². The highest BCUT2D eigenvalue weighted by atomic mass is 32.1. The van der Waals surface area contributed by atoms with E-state index in [0.29, 0.717) is 6.42 Å². The summed E-state index contributed by atoms with van der Waals surface area (Å²) in [5.74, 6) is 0.0231. The lowest BCUT2D eigenvalue weighted by Gasteiger charge is -2.27. The molecule has 1 fully saturated rings. The minimum absolute atomic E-state index is 0.0231. The Labute approximate surface area is 188 Å². The van der Waals surface area contributed by atoms with Crippen LogP contribution in [-0.2, 0) is 17.6 Å². The molecule has 0 spiro atoms. The average Bonchev–Trinajstić information content (AvgIpc) is 3.27. The van der Waals surface area contributed by atoms with Crippen molar-refractivity contribution in [3.05, 3.63) is 71.4 Å². The molecule has 162 valence electrons. The summed E-state index contributed by atoms with van der Waals surface area (Å²) in [6, 6.07) is 14.4. The number of rotatable bonds is 9. The van der Waals surface area contributed by atoms with Gasteiger partial charge in [-0.3, -0.25) is 9.78 Å². The molecule has 0 atom stereocenters. The van der Waals surface area contributed by atoms with Crippen LogP contribution in [0.25, 0.3) is 10.4 Å². The van der Waals surface area contributed by atoms with Crippen molar-refractivity contribution in [1.82, 2.24) is 15.2 Å². The maximum absolute atomic E-state index is 12.5. The van der Waals surface area contributed by atoms with Gasteiger partial charge in [0.25, 0.3) is 0 Å². The van der Waals surface area contributed by atoms with Crippen molar-refractivity contribution in [3.63, 3.8) is 0 Å². The van der Waals surface area contributed by atoms with E-state index >= 15 is 0 Å².